The van der Waals surface area contributed by atoms with Gasteiger partial charge in [0.25, 0.3) is 0 Å². The molecule has 122 valence electrons. The summed E-state index contributed by atoms with van der Waals surface area (Å²) in [6, 6.07) is 11.6. The highest BCUT2D eigenvalue weighted by Gasteiger charge is 2.06. The summed E-state index contributed by atoms with van der Waals surface area (Å²) < 4.78 is 23.6. The van der Waals surface area contributed by atoms with E-state index in [1.807, 2.05) is 24.3 Å². The lowest BCUT2D eigenvalue weighted by molar-refractivity contribution is -0.116. The smallest absolute Gasteiger partial charge is 0.224 e. The molecule has 0 fully saturated rings. The van der Waals surface area contributed by atoms with E-state index in [1.165, 1.54) is 12.1 Å². The average molecular weight is 317 g/mol. The molecule has 0 aliphatic rings. The lowest BCUT2D eigenvalue weighted by Crippen LogP contribution is -2.13. The van der Waals surface area contributed by atoms with E-state index in [2.05, 4.69) is 5.32 Å². The van der Waals surface area contributed by atoms with Crippen molar-refractivity contribution in [3.05, 3.63) is 53.8 Å². The zero-order chi connectivity index (χ0) is 16.7. The van der Waals surface area contributed by atoms with Crippen LogP contribution in [0.1, 0.15) is 18.4 Å². The van der Waals surface area contributed by atoms with Crippen LogP contribution < -0.4 is 14.8 Å². The molecule has 0 radical (unpaired) electrons. The number of rotatable bonds is 7. The van der Waals surface area contributed by atoms with Crippen molar-refractivity contribution >= 4 is 11.6 Å². The van der Waals surface area contributed by atoms with Gasteiger partial charge in [0.15, 0.2) is 0 Å². The predicted molar refractivity (Wildman–Crippen MR) is 87.5 cm³/mol. The number of carbonyl (C=O) groups is 1. The van der Waals surface area contributed by atoms with Crippen molar-refractivity contribution in [3.8, 4) is 11.5 Å². The number of halogens is 1. The Labute approximate surface area is 135 Å². The molecule has 0 spiro atoms. The summed E-state index contributed by atoms with van der Waals surface area (Å²) in [6.45, 7) is 2.20. The summed E-state index contributed by atoms with van der Waals surface area (Å²) in [5, 5.41) is 2.77. The van der Waals surface area contributed by atoms with Gasteiger partial charge in [-0.05, 0) is 61.4 Å². The van der Waals surface area contributed by atoms with E-state index in [1.54, 1.807) is 20.1 Å². The molecule has 0 saturated heterocycles. The van der Waals surface area contributed by atoms with Gasteiger partial charge in [-0.1, -0.05) is 0 Å². The number of amides is 1. The third-order valence-electron chi connectivity index (χ3n) is 3.34. The van der Waals surface area contributed by atoms with Crippen molar-refractivity contribution < 1.29 is 18.7 Å². The quantitative estimate of drug-likeness (QED) is 0.787. The molecule has 0 aliphatic carbocycles. The Morgan fingerprint density at radius 1 is 1.13 bits per heavy atom. The molecule has 0 heterocycles. The van der Waals surface area contributed by atoms with Crippen molar-refractivity contribution in [1.29, 1.82) is 0 Å². The Balaban J connectivity index is 1.72. The SMILES string of the molecule is COc1ccc(OCCCC(=O)Nc2ccc(F)cc2C)cc1. The molecule has 2 aromatic carbocycles. The van der Waals surface area contributed by atoms with Crippen molar-refractivity contribution in [3.63, 3.8) is 0 Å². The van der Waals surface area contributed by atoms with E-state index in [-0.39, 0.29) is 11.7 Å². The summed E-state index contributed by atoms with van der Waals surface area (Å²) in [7, 11) is 1.61. The molecule has 2 rings (SSSR count). The number of methoxy groups -OCH3 is 1. The van der Waals surface area contributed by atoms with Gasteiger partial charge >= 0.3 is 0 Å². The Morgan fingerprint density at radius 3 is 2.48 bits per heavy atom. The molecule has 4 nitrogen and oxygen atoms in total. The monoisotopic (exact) mass is 317 g/mol. The Bertz CT molecular complexity index is 656. The van der Waals surface area contributed by atoms with Crippen LogP contribution in [0.3, 0.4) is 0 Å². The van der Waals surface area contributed by atoms with E-state index in [4.69, 9.17) is 9.47 Å². The molecule has 0 aromatic heterocycles. The molecular weight excluding hydrogens is 297 g/mol. The van der Waals surface area contributed by atoms with Crippen molar-refractivity contribution in [1.82, 2.24) is 0 Å². The van der Waals surface area contributed by atoms with Gasteiger partial charge in [-0.25, -0.2) is 4.39 Å². The Kier molecular flexibility index (Phi) is 5.97. The number of nitrogens with one attached hydrogen (secondary N) is 1. The van der Waals surface area contributed by atoms with Crippen molar-refractivity contribution in [2.45, 2.75) is 19.8 Å². The standard InChI is InChI=1S/C18H20FNO3/c1-13-12-14(19)5-10-17(13)20-18(21)4-3-11-23-16-8-6-15(22-2)7-9-16/h5-10,12H,3-4,11H2,1-2H3,(H,20,21). The molecule has 0 aliphatic heterocycles. The highest BCUT2D eigenvalue weighted by molar-refractivity contribution is 5.91. The lowest BCUT2D eigenvalue weighted by atomic mass is 10.2. The number of anilines is 1. The molecule has 0 bridgehead atoms. The minimum atomic E-state index is -0.312. The van der Waals surface area contributed by atoms with Crippen LogP contribution in [0.5, 0.6) is 11.5 Å². The van der Waals surface area contributed by atoms with Crippen LogP contribution in [0.25, 0.3) is 0 Å². The van der Waals surface area contributed by atoms with Crippen LogP contribution in [-0.2, 0) is 4.79 Å². The number of ether oxygens (including phenoxy) is 2. The molecule has 23 heavy (non-hydrogen) atoms. The fraction of sp³-hybridized carbons (Fsp3) is 0.278. The first kappa shape index (κ1) is 16.8. The summed E-state index contributed by atoms with van der Waals surface area (Å²) in [4.78, 5) is 11.9. The van der Waals surface area contributed by atoms with Crippen LogP contribution in [0.4, 0.5) is 10.1 Å². The van der Waals surface area contributed by atoms with Gasteiger partial charge in [0.2, 0.25) is 5.91 Å². The maximum Gasteiger partial charge on any atom is 0.224 e. The number of aryl methyl sites for hydroxylation is 1. The van der Waals surface area contributed by atoms with E-state index in [0.717, 1.165) is 11.5 Å². The normalized spacial score (nSPS) is 10.2. The van der Waals surface area contributed by atoms with Crippen LogP contribution in [0, 0.1) is 12.7 Å². The van der Waals surface area contributed by atoms with Gasteiger partial charge in [0.1, 0.15) is 17.3 Å². The second kappa shape index (κ2) is 8.17. The summed E-state index contributed by atoms with van der Waals surface area (Å²) in [6.07, 6.45) is 0.936. The second-order valence-electron chi connectivity index (χ2n) is 5.13. The largest absolute Gasteiger partial charge is 0.497 e. The van der Waals surface area contributed by atoms with Crippen LogP contribution in [0.2, 0.25) is 0 Å². The fourth-order valence-corrected chi connectivity index (χ4v) is 2.07. The zero-order valence-corrected chi connectivity index (χ0v) is 13.3. The maximum absolute atomic E-state index is 13.0. The fourth-order valence-electron chi connectivity index (χ4n) is 2.07. The number of hydrogen-bond donors (Lipinski definition) is 1. The van der Waals surface area contributed by atoms with Crippen LogP contribution in [0.15, 0.2) is 42.5 Å². The topological polar surface area (TPSA) is 47.6 Å². The van der Waals surface area contributed by atoms with Crippen molar-refractivity contribution in [2.75, 3.05) is 19.0 Å². The minimum Gasteiger partial charge on any atom is -0.497 e. The summed E-state index contributed by atoms with van der Waals surface area (Å²) in [5.74, 6) is 1.08. The summed E-state index contributed by atoms with van der Waals surface area (Å²) >= 11 is 0. The maximum atomic E-state index is 13.0. The van der Waals surface area contributed by atoms with Gasteiger partial charge in [-0.15, -0.1) is 0 Å². The zero-order valence-electron chi connectivity index (χ0n) is 13.3. The van der Waals surface area contributed by atoms with E-state index in [0.29, 0.717) is 30.7 Å². The summed E-state index contributed by atoms with van der Waals surface area (Å²) in [5.41, 5.74) is 1.33. The molecule has 0 unspecified atom stereocenters. The first-order chi connectivity index (χ1) is 11.1. The van der Waals surface area contributed by atoms with E-state index < -0.39 is 0 Å². The van der Waals surface area contributed by atoms with Gasteiger partial charge in [0, 0.05) is 12.1 Å². The Morgan fingerprint density at radius 2 is 1.83 bits per heavy atom. The first-order valence-corrected chi connectivity index (χ1v) is 7.41. The number of carbonyl (C=O) groups excluding carboxylic acids is 1. The number of benzene rings is 2. The van der Waals surface area contributed by atoms with E-state index >= 15 is 0 Å². The van der Waals surface area contributed by atoms with Gasteiger partial charge in [-0.2, -0.15) is 0 Å². The molecular formula is C18H20FNO3. The Hall–Kier alpha value is -2.56. The molecule has 1 amide bonds. The first-order valence-electron chi connectivity index (χ1n) is 7.41. The molecule has 2 aromatic rings. The van der Waals surface area contributed by atoms with Gasteiger partial charge in [-0.3, -0.25) is 4.79 Å². The number of hydrogen-bond acceptors (Lipinski definition) is 3. The molecule has 1 N–H and O–H groups in total. The van der Waals surface area contributed by atoms with Crippen LogP contribution >= 0.6 is 0 Å². The highest BCUT2D eigenvalue weighted by Crippen LogP contribution is 2.18. The molecule has 0 atom stereocenters. The minimum absolute atomic E-state index is 0.113. The van der Waals surface area contributed by atoms with Crippen molar-refractivity contribution in [2.24, 2.45) is 0 Å². The average Bonchev–Trinajstić information content (AvgIpc) is 2.55. The second-order valence-corrected chi connectivity index (χ2v) is 5.13. The molecule has 5 heteroatoms. The van der Waals surface area contributed by atoms with Crippen LogP contribution in [-0.4, -0.2) is 19.6 Å². The van der Waals surface area contributed by atoms with E-state index in [9.17, 15) is 9.18 Å². The van der Waals surface area contributed by atoms with Gasteiger partial charge < -0.3 is 14.8 Å². The predicted octanol–water partition coefficient (Wildman–Crippen LogP) is 3.94. The lowest BCUT2D eigenvalue weighted by Gasteiger charge is -2.09. The highest BCUT2D eigenvalue weighted by atomic mass is 19.1. The molecule has 0 saturated carbocycles. The third kappa shape index (κ3) is 5.29. The third-order valence-corrected chi connectivity index (χ3v) is 3.34. The van der Waals surface area contributed by atoms with Gasteiger partial charge in [0.05, 0.1) is 13.7 Å².